The van der Waals surface area contributed by atoms with E-state index >= 15 is 0 Å². The smallest absolute Gasteiger partial charge is 0.145 e. The number of nitrogens with zero attached hydrogens (tertiary/aromatic N) is 2. The molecule has 0 atom stereocenters. The molecule has 0 fully saturated rings. The highest BCUT2D eigenvalue weighted by Crippen LogP contribution is 2.48. The number of fused-ring (bicyclic) bond motifs is 6. The van der Waals surface area contributed by atoms with Gasteiger partial charge in [-0.15, -0.1) is 0 Å². The topological polar surface area (TPSA) is 21.3 Å². The molecular formula is C60H40N2O. The number of aromatic nitrogens is 1. The summed E-state index contributed by atoms with van der Waals surface area (Å²) < 4.78 is 9.43. The Morgan fingerprint density at radius 1 is 0.333 bits per heavy atom. The minimum absolute atomic E-state index is 0.848. The third-order valence-corrected chi connectivity index (χ3v) is 12.4. The number of benzene rings is 10. The number of rotatable bonds is 8. The molecule has 63 heavy (non-hydrogen) atoms. The maximum absolute atomic E-state index is 7.03. The summed E-state index contributed by atoms with van der Waals surface area (Å²) in [6, 6.07) is 86.9. The van der Waals surface area contributed by atoms with E-state index in [1.165, 1.54) is 44.1 Å². The lowest BCUT2D eigenvalue weighted by Crippen LogP contribution is -2.10. The van der Waals surface area contributed by atoms with Crippen LogP contribution >= 0.6 is 0 Å². The van der Waals surface area contributed by atoms with Crippen LogP contribution in [0.15, 0.2) is 247 Å². The Balaban J connectivity index is 1.07. The van der Waals surface area contributed by atoms with Crippen LogP contribution in [0.2, 0.25) is 0 Å². The van der Waals surface area contributed by atoms with Crippen molar-refractivity contribution in [1.29, 1.82) is 0 Å². The molecule has 0 amide bonds. The molecule has 10 aromatic carbocycles. The average molecular weight is 805 g/mol. The van der Waals surface area contributed by atoms with Gasteiger partial charge < -0.3 is 13.9 Å². The average Bonchev–Trinajstić information content (AvgIpc) is 3.92. The van der Waals surface area contributed by atoms with Crippen LogP contribution in [0.1, 0.15) is 0 Å². The van der Waals surface area contributed by atoms with E-state index in [9.17, 15) is 0 Å². The monoisotopic (exact) mass is 804 g/mol. The molecule has 12 rings (SSSR count). The Morgan fingerprint density at radius 3 is 1.54 bits per heavy atom. The number of para-hydroxylation sites is 4. The van der Waals surface area contributed by atoms with Crippen molar-refractivity contribution in [3.05, 3.63) is 243 Å². The standard InChI is InChI=1S/C60H40N2O/c1-3-17-41(18-4-1)44-21-15-22-45(39-44)43-33-35-47(36-34-43)61(48-24-16-23-46(40-48)42-19-5-2-6-20-42)57-38-37-52(60-59(57)53-28-10-14-32-58(53)63-60)51-27-9-13-31-56(51)62-54-29-11-7-25-49(54)50-26-8-12-30-55(50)62/h1-40H. The zero-order chi connectivity index (χ0) is 41.7. The molecule has 3 heteroatoms. The molecule has 2 heterocycles. The summed E-state index contributed by atoms with van der Waals surface area (Å²) in [5.74, 6) is 0. The summed E-state index contributed by atoms with van der Waals surface area (Å²) in [5, 5.41) is 4.59. The van der Waals surface area contributed by atoms with Gasteiger partial charge >= 0.3 is 0 Å². The van der Waals surface area contributed by atoms with Crippen LogP contribution < -0.4 is 4.90 Å². The lowest BCUT2D eigenvalue weighted by atomic mass is 9.97. The van der Waals surface area contributed by atoms with E-state index in [4.69, 9.17) is 4.42 Å². The second-order valence-electron chi connectivity index (χ2n) is 16.1. The molecule has 3 nitrogen and oxygen atoms in total. The number of anilines is 3. The van der Waals surface area contributed by atoms with E-state index in [1.807, 2.05) is 0 Å². The van der Waals surface area contributed by atoms with Gasteiger partial charge in [0.2, 0.25) is 0 Å². The van der Waals surface area contributed by atoms with Gasteiger partial charge in [0.25, 0.3) is 0 Å². The molecule has 0 spiro atoms. The predicted molar refractivity (Wildman–Crippen MR) is 264 cm³/mol. The summed E-state index contributed by atoms with van der Waals surface area (Å²) in [6.07, 6.45) is 0. The van der Waals surface area contributed by atoms with Crippen LogP contribution in [0.5, 0.6) is 0 Å². The lowest BCUT2D eigenvalue weighted by Gasteiger charge is -2.27. The summed E-state index contributed by atoms with van der Waals surface area (Å²) in [6.45, 7) is 0. The minimum atomic E-state index is 0.848. The first-order valence-corrected chi connectivity index (χ1v) is 21.5. The van der Waals surface area contributed by atoms with Crippen LogP contribution in [-0.4, -0.2) is 4.57 Å². The van der Waals surface area contributed by atoms with Crippen molar-refractivity contribution in [3.8, 4) is 50.2 Å². The van der Waals surface area contributed by atoms with Gasteiger partial charge in [0, 0.05) is 38.7 Å². The summed E-state index contributed by atoms with van der Waals surface area (Å²) in [4.78, 5) is 2.39. The van der Waals surface area contributed by atoms with E-state index in [0.717, 1.165) is 66.9 Å². The van der Waals surface area contributed by atoms with Crippen molar-refractivity contribution < 1.29 is 4.42 Å². The first kappa shape index (κ1) is 36.5. The summed E-state index contributed by atoms with van der Waals surface area (Å²) in [7, 11) is 0. The fourth-order valence-corrected chi connectivity index (χ4v) is 9.48. The van der Waals surface area contributed by atoms with Crippen molar-refractivity contribution in [2.75, 3.05) is 4.90 Å². The van der Waals surface area contributed by atoms with Crippen LogP contribution in [-0.2, 0) is 0 Å². The SMILES string of the molecule is c1ccc(-c2cccc(-c3ccc(N(c4cccc(-c5ccccc5)c4)c4ccc(-c5ccccc5-n5c6ccccc6c6ccccc65)c5oc6ccccc6c45)cc3)c2)cc1. The Hall–Kier alpha value is -8.40. The van der Waals surface area contributed by atoms with E-state index in [1.54, 1.807) is 0 Å². The predicted octanol–water partition coefficient (Wildman–Crippen LogP) is 16.8. The second kappa shape index (κ2) is 15.3. The van der Waals surface area contributed by atoms with Gasteiger partial charge in [0.15, 0.2) is 0 Å². The van der Waals surface area contributed by atoms with E-state index < -0.39 is 0 Å². The highest BCUT2D eigenvalue weighted by molar-refractivity contribution is 6.18. The highest BCUT2D eigenvalue weighted by Gasteiger charge is 2.24. The van der Waals surface area contributed by atoms with Crippen molar-refractivity contribution >= 4 is 60.8 Å². The third kappa shape index (κ3) is 6.29. The van der Waals surface area contributed by atoms with Gasteiger partial charge in [-0.1, -0.05) is 176 Å². The fourth-order valence-electron chi connectivity index (χ4n) is 9.48. The van der Waals surface area contributed by atoms with Crippen molar-refractivity contribution in [2.24, 2.45) is 0 Å². The Morgan fingerprint density at radius 2 is 0.857 bits per heavy atom. The lowest BCUT2D eigenvalue weighted by molar-refractivity contribution is 0.670. The number of hydrogen-bond donors (Lipinski definition) is 0. The van der Waals surface area contributed by atoms with Crippen molar-refractivity contribution in [3.63, 3.8) is 0 Å². The van der Waals surface area contributed by atoms with Crippen LogP contribution in [0.25, 0.3) is 93.9 Å². The zero-order valence-electron chi connectivity index (χ0n) is 34.4. The largest absolute Gasteiger partial charge is 0.455 e. The Bertz CT molecular complexity index is 3570. The highest BCUT2D eigenvalue weighted by atomic mass is 16.3. The second-order valence-corrected chi connectivity index (χ2v) is 16.1. The van der Waals surface area contributed by atoms with Gasteiger partial charge in [-0.2, -0.15) is 0 Å². The molecule has 12 aromatic rings. The van der Waals surface area contributed by atoms with Crippen LogP contribution in [0.3, 0.4) is 0 Å². The van der Waals surface area contributed by atoms with Crippen molar-refractivity contribution in [1.82, 2.24) is 4.57 Å². The molecule has 0 saturated heterocycles. The normalized spacial score (nSPS) is 11.5. The van der Waals surface area contributed by atoms with E-state index in [2.05, 4.69) is 252 Å². The third-order valence-electron chi connectivity index (χ3n) is 12.4. The first-order valence-electron chi connectivity index (χ1n) is 21.5. The Kier molecular flexibility index (Phi) is 8.83. The zero-order valence-corrected chi connectivity index (χ0v) is 34.4. The molecule has 0 N–H and O–H groups in total. The molecule has 2 aromatic heterocycles. The van der Waals surface area contributed by atoms with Gasteiger partial charge in [0.1, 0.15) is 11.2 Å². The van der Waals surface area contributed by atoms with Gasteiger partial charge in [0.05, 0.1) is 27.8 Å². The Labute approximate surface area is 366 Å². The summed E-state index contributed by atoms with van der Waals surface area (Å²) >= 11 is 0. The van der Waals surface area contributed by atoms with E-state index in [0.29, 0.717) is 0 Å². The molecule has 0 aliphatic carbocycles. The van der Waals surface area contributed by atoms with E-state index in [-0.39, 0.29) is 0 Å². The van der Waals surface area contributed by atoms with Gasteiger partial charge in [-0.05, 0) is 100 Å². The van der Waals surface area contributed by atoms with Crippen molar-refractivity contribution in [2.45, 2.75) is 0 Å². The van der Waals surface area contributed by atoms with Gasteiger partial charge in [-0.3, -0.25) is 0 Å². The number of furan rings is 1. The maximum Gasteiger partial charge on any atom is 0.145 e. The molecular weight excluding hydrogens is 765 g/mol. The number of hydrogen-bond acceptors (Lipinski definition) is 2. The first-order chi connectivity index (χ1) is 31.3. The molecule has 0 aliphatic rings. The maximum atomic E-state index is 7.03. The van der Waals surface area contributed by atoms with Crippen LogP contribution in [0.4, 0.5) is 17.1 Å². The molecule has 0 saturated carbocycles. The summed E-state index contributed by atoms with van der Waals surface area (Å²) in [5.41, 5.74) is 17.5. The fraction of sp³-hybridized carbons (Fsp3) is 0. The molecule has 0 bridgehead atoms. The van der Waals surface area contributed by atoms with Crippen LogP contribution in [0, 0.1) is 0 Å². The molecule has 0 unspecified atom stereocenters. The van der Waals surface area contributed by atoms with Gasteiger partial charge in [-0.25, -0.2) is 0 Å². The minimum Gasteiger partial charge on any atom is -0.455 e. The quantitative estimate of drug-likeness (QED) is 0.153. The molecule has 296 valence electrons. The molecule has 0 aliphatic heterocycles. The molecule has 0 radical (unpaired) electrons.